The second kappa shape index (κ2) is 3.73. The van der Waals surface area contributed by atoms with Crippen molar-refractivity contribution in [3.63, 3.8) is 0 Å². The van der Waals surface area contributed by atoms with Crippen LogP contribution in [0.15, 0.2) is 18.2 Å². The van der Waals surface area contributed by atoms with E-state index in [4.69, 9.17) is 6.58 Å². The maximum absolute atomic E-state index is 6.06. The standard InChI is InChI=1S/C17H23/c1-12(2)13-8-7-9-14-15(13)17(5,6)11-10-16(14,3)4/h1,7-9H,10-11H2,2-6H3. The molecular weight excluding hydrogens is 204 g/mol. The molecule has 0 heterocycles. The van der Waals surface area contributed by atoms with Crippen molar-refractivity contribution >= 4 is 5.57 Å². The summed E-state index contributed by atoms with van der Waals surface area (Å²) in [6, 6.07) is 6.59. The molecule has 0 amide bonds. The minimum Gasteiger partial charge on any atom is -0.0613 e. The van der Waals surface area contributed by atoms with Crippen molar-refractivity contribution in [3.05, 3.63) is 41.5 Å². The summed E-state index contributed by atoms with van der Waals surface area (Å²) in [7, 11) is 0. The summed E-state index contributed by atoms with van der Waals surface area (Å²) in [5.74, 6) is 0. The Balaban J connectivity index is 2.76. The average Bonchev–Trinajstić information content (AvgIpc) is 2.24. The van der Waals surface area contributed by atoms with Gasteiger partial charge in [-0.2, -0.15) is 0 Å². The molecule has 1 aliphatic rings. The van der Waals surface area contributed by atoms with Crippen LogP contribution in [0.5, 0.6) is 0 Å². The van der Waals surface area contributed by atoms with Gasteiger partial charge in [0.1, 0.15) is 0 Å². The van der Waals surface area contributed by atoms with Crippen LogP contribution in [0.3, 0.4) is 0 Å². The van der Waals surface area contributed by atoms with Crippen molar-refractivity contribution < 1.29 is 0 Å². The Morgan fingerprint density at radius 3 is 2.24 bits per heavy atom. The molecule has 1 radical (unpaired) electrons. The monoisotopic (exact) mass is 227 g/mol. The van der Waals surface area contributed by atoms with Gasteiger partial charge in [-0.3, -0.25) is 0 Å². The zero-order valence-electron chi connectivity index (χ0n) is 11.7. The van der Waals surface area contributed by atoms with Crippen molar-refractivity contribution in [1.82, 2.24) is 0 Å². The third kappa shape index (κ3) is 1.94. The summed E-state index contributed by atoms with van der Waals surface area (Å²) < 4.78 is 0. The van der Waals surface area contributed by atoms with Crippen LogP contribution in [0, 0.1) is 6.58 Å². The van der Waals surface area contributed by atoms with E-state index >= 15 is 0 Å². The van der Waals surface area contributed by atoms with Gasteiger partial charge in [-0.15, -0.1) is 0 Å². The number of hydrogen-bond acceptors (Lipinski definition) is 0. The zero-order valence-corrected chi connectivity index (χ0v) is 11.7. The summed E-state index contributed by atoms with van der Waals surface area (Å²) in [6.45, 7) is 17.4. The van der Waals surface area contributed by atoms with Gasteiger partial charge < -0.3 is 0 Å². The molecule has 0 fully saturated rings. The molecule has 0 heteroatoms. The lowest BCUT2D eigenvalue weighted by Gasteiger charge is -2.43. The first-order valence-electron chi connectivity index (χ1n) is 6.49. The molecule has 0 N–H and O–H groups in total. The quantitative estimate of drug-likeness (QED) is 0.642. The molecule has 0 spiro atoms. The van der Waals surface area contributed by atoms with Crippen LogP contribution < -0.4 is 0 Å². The molecule has 0 aliphatic heterocycles. The Labute approximate surface area is 106 Å². The fourth-order valence-corrected chi connectivity index (χ4v) is 3.06. The summed E-state index contributed by atoms with van der Waals surface area (Å²) >= 11 is 0. The predicted octanol–water partition coefficient (Wildman–Crippen LogP) is 4.87. The lowest BCUT2D eigenvalue weighted by atomic mass is 9.61. The van der Waals surface area contributed by atoms with Crippen molar-refractivity contribution in [2.45, 2.75) is 58.3 Å². The minimum atomic E-state index is 0.238. The second-order valence-corrected chi connectivity index (χ2v) is 6.68. The fourth-order valence-electron chi connectivity index (χ4n) is 3.06. The van der Waals surface area contributed by atoms with E-state index in [-0.39, 0.29) is 10.8 Å². The Morgan fingerprint density at radius 1 is 1.06 bits per heavy atom. The maximum atomic E-state index is 6.06. The summed E-state index contributed by atoms with van der Waals surface area (Å²) in [4.78, 5) is 0. The Morgan fingerprint density at radius 2 is 1.65 bits per heavy atom. The van der Waals surface area contributed by atoms with Crippen LogP contribution >= 0.6 is 0 Å². The average molecular weight is 227 g/mol. The molecule has 0 aromatic heterocycles. The van der Waals surface area contributed by atoms with E-state index in [0.29, 0.717) is 0 Å². The molecule has 17 heavy (non-hydrogen) atoms. The van der Waals surface area contributed by atoms with E-state index in [0.717, 1.165) is 5.57 Å². The van der Waals surface area contributed by atoms with Crippen LogP contribution in [-0.4, -0.2) is 0 Å². The number of fused-ring (bicyclic) bond motifs is 1. The molecule has 2 rings (SSSR count). The third-order valence-electron chi connectivity index (χ3n) is 4.27. The highest BCUT2D eigenvalue weighted by atomic mass is 14.4. The lowest BCUT2D eigenvalue weighted by Crippen LogP contribution is -2.34. The van der Waals surface area contributed by atoms with E-state index in [1.165, 1.54) is 29.5 Å². The molecule has 0 atom stereocenters. The number of rotatable bonds is 1. The van der Waals surface area contributed by atoms with Crippen LogP contribution in [0.2, 0.25) is 0 Å². The molecule has 1 aromatic rings. The molecule has 0 nitrogen and oxygen atoms in total. The Bertz CT molecular complexity index is 461. The highest BCUT2D eigenvalue weighted by Gasteiger charge is 2.38. The fraction of sp³-hybridized carbons (Fsp3) is 0.529. The van der Waals surface area contributed by atoms with Gasteiger partial charge in [0.05, 0.1) is 0 Å². The first-order valence-corrected chi connectivity index (χ1v) is 6.49. The summed E-state index contributed by atoms with van der Waals surface area (Å²) in [5.41, 5.74) is 5.65. The molecule has 1 aromatic carbocycles. The zero-order chi connectivity index (χ0) is 12.8. The van der Waals surface area contributed by atoms with Crippen LogP contribution in [0.1, 0.15) is 64.2 Å². The number of hydrogen-bond donors (Lipinski definition) is 0. The van der Waals surface area contributed by atoms with Gasteiger partial charge in [0, 0.05) is 0 Å². The van der Waals surface area contributed by atoms with Crippen LogP contribution in [-0.2, 0) is 10.8 Å². The SMILES string of the molecule is [CH]=C(C)c1cccc2c1C(C)(C)CCC2(C)C. The summed E-state index contributed by atoms with van der Waals surface area (Å²) in [5, 5.41) is 0. The van der Waals surface area contributed by atoms with Gasteiger partial charge in [0.15, 0.2) is 0 Å². The van der Waals surface area contributed by atoms with Gasteiger partial charge in [-0.05, 0) is 52.9 Å². The second-order valence-electron chi connectivity index (χ2n) is 6.68. The van der Waals surface area contributed by atoms with Gasteiger partial charge in [-0.25, -0.2) is 0 Å². The lowest BCUT2D eigenvalue weighted by molar-refractivity contribution is 0.331. The number of benzene rings is 1. The Hall–Kier alpha value is -1.04. The Kier molecular flexibility index (Phi) is 2.72. The largest absolute Gasteiger partial charge is 0.0613 e. The molecule has 0 bridgehead atoms. The molecule has 0 saturated heterocycles. The number of allylic oxidation sites excluding steroid dienone is 1. The van der Waals surface area contributed by atoms with E-state index in [2.05, 4.69) is 45.9 Å². The van der Waals surface area contributed by atoms with Crippen LogP contribution in [0.25, 0.3) is 5.57 Å². The maximum Gasteiger partial charge on any atom is -0.00943 e. The van der Waals surface area contributed by atoms with Gasteiger partial charge in [-0.1, -0.05) is 52.5 Å². The van der Waals surface area contributed by atoms with E-state index < -0.39 is 0 Å². The van der Waals surface area contributed by atoms with Crippen LogP contribution in [0.4, 0.5) is 0 Å². The topological polar surface area (TPSA) is 0 Å². The van der Waals surface area contributed by atoms with E-state index in [1.807, 2.05) is 6.92 Å². The third-order valence-corrected chi connectivity index (χ3v) is 4.27. The van der Waals surface area contributed by atoms with Crippen molar-refractivity contribution in [2.24, 2.45) is 0 Å². The molecule has 91 valence electrons. The minimum absolute atomic E-state index is 0.238. The molecule has 1 aliphatic carbocycles. The van der Waals surface area contributed by atoms with E-state index in [1.54, 1.807) is 0 Å². The first-order chi connectivity index (χ1) is 7.76. The predicted molar refractivity (Wildman–Crippen MR) is 75.1 cm³/mol. The van der Waals surface area contributed by atoms with Crippen molar-refractivity contribution in [2.75, 3.05) is 0 Å². The van der Waals surface area contributed by atoms with Crippen molar-refractivity contribution in [3.8, 4) is 0 Å². The summed E-state index contributed by atoms with van der Waals surface area (Å²) in [6.07, 6.45) is 2.48. The van der Waals surface area contributed by atoms with Crippen molar-refractivity contribution in [1.29, 1.82) is 0 Å². The highest BCUT2D eigenvalue weighted by Crippen LogP contribution is 2.47. The van der Waals surface area contributed by atoms with Gasteiger partial charge >= 0.3 is 0 Å². The van der Waals surface area contributed by atoms with E-state index in [9.17, 15) is 0 Å². The van der Waals surface area contributed by atoms with Gasteiger partial charge in [0.2, 0.25) is 0 Å². The highest BCUT2D eigenvalue weighted by molar-refractivity contribution is 5.67. The molecular formula is C17H23. The smallest absolute Gasteiger partial charge is 0.00943 e. The molecule has 0 unspecified atom stereocenters. The molecule has 0 saturated carbocycles. The normalized spacial score (nSPS) is 20.8. The van der Waals surface area contributed by atoms with Gasteiger partial charge in [0.25, 0.3) is 0 Å². The first kappa shape index (κ1) is 12.4.